The average molecular weight is 263 g/mol. The molecule has 0 amide bonds. The van der Waals surface area contributed by atoms with Gasteiger partial charge in [0.1, 0.15) is 5.75 Å². The molecule has 0 unspecified atom stereocenters. The lowest BCUT2D eigenvalue weighted by molar-refractivity contribution is -0.452. The van der Waals surface area contributed by atoms with Crippen molar-refractivity contribution in [3.8, 4) is 5.75 Å². The van der Waals surface area contributed by atoms with Crippen LogP contribution in [0, 0.1) is 5.21 Å². The zero-order valence-corrected chi connectivity index (χ0v) is 12.1. The Morgan fingerprint density at radius 1 is 1.05 bits per heavy atom. The van der Waals surface area contributed by atoms with Crippen LogP contribution in [-0.4, -0.2) is 24.1 Å². The van der Waals surface area contributed by atoms with E-state index < -0.39 is 0 Å². The Kier molecular flexibility index (Phi) is 7.71. The molecule has 19 heavy (non-hydrogen) atoms. The Hall–Kier alpha value is -1.51. The third-order valence-corrected chi connectivity index (χ3v) is 2.88. The van der Waals surface area contributed by atoms with Gasteiger partial charge in [0.2, 0.25) is 0 Å². The summed E-state index contributed by atoms with van der Waals surface area (Å²) in [7, 11) is 0. The highest BCUT2D eigenvalue weighted by Gasteiger charge is 1.97. The third-order valence-electron chi connectivity index (χ3n) is 2.88. The quantitative estimate of drug-likeness (QED) is 0.222. The van der Waals surface area contributed by atoms with E-state index in [1.165, 1.54) is 19.3 Å². The predicted molar refractivity (Wildman–Crippen MR) is 80.0 cm³/mol. The van der Waals surface area contributed by atoms with Crippen molar-refractivity contribution in [3.63, 3.8) is 0 Å². The molecule has 0 radical (unpaired) electrons. The van der Waals surface area contributed by atoms with E-state index >= 15 is 0 Å². The highest BCUT2D eigenvalue weighted by atomic mass is 16.5. The van der Waals surface area contributed by atoms with Gasteiger partial charge in [-0.2, -0.15) is 0 Å². The number of benzene rings is 1. The molecule has 0 aromatic heterocycles. The Morgan fingerprint density at radius 3 is 2.42 bits per heavy atom. The fourth-order valence-electron chi connectivity index (χ4n) is 1.82. The van der Waals surface area contributed by atoms with Crippen molar-refractivity contribution in [1.82, 2.24) is 0 Å². The smallest absolute Gasteiger partial charge is 0.181 e. The SMILES string of the molecule is CCCCCCOc1ccc(C=[N+]([O-])CCC)cc1. The lowest BCUT2D eigenvalue weighted by Crippen LogP contribution is -2.06. The molecule has 0 atom stereocenters. The molecule has 0 aliphatic heterocycles. The zero-order chi connectivity index (χ0) is 13.9. The summed E-state index contributed by atoms with van der Waals surface area (Å²) in [5.74, 6) is 0.876. The van der Waals surface area contributed by atoms with Gasteiger partial charge in [0.05, 0.1) is 6.61 Å². The maximum Gasteiger partial charge on any atom is 0.181 e. The van der Waals surface area contributed by atoms with E-state index in [0.717, 1.165) is 35.5 Å². The second-order valence-corrected chi connectivity index (χ2v) is 4.75. The predicted octanol–water partition coefficient (Wildman–Crippen LogP) is 3.98. The zero-order valence-electron chi connectivity index (χ0n) is 12.1. The second kappa shape index (κ2) is 9.42. The maximum absolute atomic E-state index is 11.4. The van der Waals surface area contributed by atoms with Crippen molar-refractivity contribution < 1.29 is 9.48 Å². The highest BCUT2D eigenvalue weighted by Crippen LogP contribution is 2.12. The van der Waals surface area contributed by atoms with Crippen LogP contribution in [-0.2, 0) is 0 Å². The van der Waals surface area contributed by atoms with Crippen molar-refractivity contribution >= 4 is 6.21 Å². The van der Waals surface area contributed by atoms with Crippen molar-refractivity contribution in [3.05, 3.63) is 35.0 Å². The summed E-state index contributed by atoms with van der Waals surface area (Å²) in [6.07, 6.45) is 7.33. The molecule has 0 fully saturated rings. The summed E-state index contributed by atoms with van der Waals surface area (Å²) < 4.78 is 6.63. The minimum absolute atomic E-state index is 0.537. The molecule has 0 heterocycles. The van der Waals surface area contributed by atoms with Gasteiger partial charge in [0.15, 0.2) is 12.8 Å². The summed E-state index contributed by atoms with van der Waals surface area (Å²) >= 11 is 0. The topological polar surface area (TPSA) is 35.3 Å². The average Bonchev–Trinajstić information content (AvgIpc) is 2.41. The Morgan fingerprint density at radius 2 is 1.79 bits per heavy atom. The summed E-state index contributed by atoms with van der Waals surface area (Å²) in [4.78, 5) is 0. The molecular weight excluding hydrogens is 238 g/mol. The first-order valence-electron chi connectivity index (χ1n) is 7.27. The molecule has 106 valence electrons. The van der Waals surface area contributed by atoms with Crippen LogP contribution in [0.1, 0.15) is 51.5 Å². The molecule has 0 spiro atoms. The van der Waals surface area contributed by atoms with Crippen molar-refractivity contribution in [2.75, 3.05) is 13.2 Å². The van der Waals surface area contributed by atoms with Crippen molar-refractivity contribution in [2.24, 2.45) is 0 Å². The molecule has 0 bridgehead atoms. The van der Waals surface area contributed by atoms with Crippen LogP contribution >= 0.6 is 0 Å². The molecule has 0 saturated carbocycles. The second-order valence-electron chi connectivity index (χ2n) is 4.75. The van der Waals surface area contributed by atoms with Gasteiger partial charge in [-0.05, 0) is 30.7 Å². The minimum Gasteiger partial charge on any atom is -0.624 e. The Bertz CT molecular complexity index is 371. The van der Waals surface area contributed by atoms with Crippen LogP contribution in [0.4, 0.5) is 0 Å². The molecular formula is C16H25NO2. The van der Waals surface area contributed by atoms with Crippen LogP contribution in [0.15, 0.2) is 24.3 Å². The van der Waals surface area contributed by atoms with E-state index in [4.69, 9.17) is 4.74 Å². The Labute approximate surface area is 116 Å². The molecule has 0 N–H and O–H groups in total. The van der Waals surface area contributed by atoms with Gasteiger partial charge in [-0.1, -0.05) is 33.1 Å². The van der Waals surface area contributed by atoms with Crippen LogP contribution < -0.4 is 4.74 Å². The standard InChI is InChI=1S/C16H25NO2/c1-3-5-6-7-13-19-16-10-8-15(9-11-16)14-17(18)12-4-2/h8-11,14H,3-7,12-13H2,1-2H3. The van der Waals surface area contributed by atoms with Crippen LogP contribution in [0.5, 0.6) is 5.75 Å². The summed E-state index contributed by atoms with van der Waals surface area (Å²) in [5, 5.41) is 11.4. The first-order chi connectivity index (χ1) is 9.26. The summed E-state index contributed by atoms with van der Waals surface area (Å²) in [5.41, 5.74) is 0.918. The molecule has 1 aromatic carbocycles. The molecule has 3 heteroatoms. The van der Waals surface area contributed by atoms with E-state index in [1.807, 2.05) is 31.2 Å². The van der Waals surface area contributed by atoms with E-state index in [9.17, 15) is 5.21 Å². The summed E-state index contributed by atoms with van der Waals surface area (Å²) in [6.45, 7) is 5.50. The van der Waals surface area contributed by atoms with Gasteiger partial charge in [-0.3, -0.25) is 0 Å². The molecule has 0 aliphatic rings. The van der Waals surface area contributed by atoms with Crippen LogP contribution in [0.2, 0.25) is 0 Å². The number of rotatable bonds is 9. The number of unbranched alkanes of at least 4 members (excludes halogenated alkanes) is 3. The van der Waals surface area contributed by atoms with E-state index in [1.54, 1.807) is 6.21 Å². The molecule has 0 saturated heterocycles. The number of hydrogen-bond donors (Lipinski definition) is 0. The monoisotopic (exact) mass is 263 g/mol. The Balaban J connectivity index is 2.37. The van der Waals surface area contributed by atoms with E-state index in [2.05, 4.69) is 6.92 Å². The largest absolute Gasteiger partial charge is 0.624 e. The van der Waals surface area contributed by atoms with Gasteiger partial charge >= 0.3 is 0 Å². The number of nitrogens with zero attached hydrogens (tertiary/aromatic N) is 1. The summed E-state index contributed by atoms with van der Waals surface area (Å²) in [6, 6.07) is 7.68. The van der Waals surface area contributed by atoms with Gasteiger partial charge in [0.25, 0.3) is 0 Å². The third kappa shape index (κ3) is 6.85. The maximum atomic E-state index is 11.4. The van der Waals surface area contributed by atoms with Crippen molar-refractivity contribution in [1.29, 1.82) is 0 Å². The number of hydrogen-bond acceptors (Lipinski definition) is 2. The molecule has 3 nitrogen and oxygen atoms in total. The first-order valence-corrected chi connectivity index (χ1v) is 7.27. The lowest BCUT2D eigenvalue weighted by atomic mass is 10.2. The van der Waals surface area contributed by atoms with E-state index in [0.29, 0.717) is 6.54 Å². The van der Waals surface area contributed by atoms with Gasteiger partial charge in [-0.15, -0.1) is 0 Å². The van der Waals surface area contributed by atoms with Crippen LogP contribution in [0.25, 0.3) is 0 Å². The van der Waals surface area contributed by atoms with E-state index in [-0.39, 0.29) is 0 Å². The van der Waals surface area contributed by atoms with Crippen LogP contribution in [0.3, 0.4) is 0 Å². The van der Waals surface area contributed by atoms with Gasteiger partial charge in [0, 0.05) is 12.0 Å². The molecule has 0 aliphatic carbocycles. The lowest BCUT2D eigenvalue weighted by Gasteiger charge is -2.06. The van der Waals surface area contributed by atoms with Gasteiger partial charge < -0.3 is 9.94 Å². The fourth-order valence-corrected chi connectivity index (χ4v) is 1.82. The van der Waals surface area contributed by atoms with Gasteiger partial charge in [-0.25, -0.2) is 4.74 Å². The normalized spacial score (nSPS) is 11.6. The van der Waals surface area contributed by atoms with Crippen molar-refractivity contribution in [2.45, 2.75) is 46.0 Å². The minimum atomic E-state index is 0.537. The first kappa shape index (κ1) is 15.5. The number of hydroxylamine groups is 1. The molecule has 1 aromatic rings. The fraction of sp³-hybridized carbons (Fsp3) is 0.562. The highest BCUT2D eigenvalue weighted by molar-refractivity contribution is 5.75. The number of ether oxygens (including phenoxy) is 1. The molecule has 1 rings (SSSR count).